The summed E-state index contributed by atoms with van der Waals surface area (Å²) < 4.78 is 1.95. The molecule has 4 nitrogen and oxygen atoms in total. The van der Waals surface area contributed by atoms with Crippen molar-refractivity contribution in [3.05, 3.63) is 12.3 Å². The number of hydrogen-bond acceptors (Lipinski definition) is 3. The standard InChI is InChI=1S/C13H24N4/c1-2-17-10-7-13(16-17)15-9-4-6-12-5-3-8-14-11-12/h7,10,12,14H,2-6,8-9,11H2,1H3,(H,15,16). The van der Waals surface area contributed by atoms with Crippen molar-refractivity contribution in [2.75, 3.05) is 25.0 Å². The van der Waals surface area contributed by atoms with E-state index in [4.69, 9.17) is 0 Å². The van der Waals surface area contributed by atoms with Crippen LogP contribution in [0.15, 0.2) is 12.3 Å². The van der Waals surface area contributed by atoms with Crippen LogP contribution in [0.4, 0.5) is 5.82 Å². The van der Waals surface area contributed by atoms with Gasteiger partial charge in [0.25, 0.3) is 0 Å². The predicted molar refractivity (Wildman–Crippen MR) is 71.2 cm³/mol. The molecule has 1 aliphatic rings. The van der Waals surface area contributed by atoms with Gasteiger partial charge in [0.05, 0.1) is 0 Å². The molecule has 1 aromatic rings. The number of rotatable bonds is 6. The number of hydrogen-bond donors (Lipinski definition) is 2. The van der Waals surface area contributed by atoms with Crippen molar-refractivity contribution in [3.63, 3.8) is 0 Å². The summed E-state index contributed by atoms with van der Waals surface area (Å²) in [4.78, 5) is 0. The maximum atomic E-state index is 4.41. The molecule has 0 saturated carbocycles. The maximum absolute atomic E-state index is 4.41. The zero-order valence-corrected chi connectivity index (χ0v) is 10.8. The third-order valence-corrected chi connectivity index (χ3v) is 3.46. The highest BCUT2D eigenvalue weighted by Gasteiger charge is 2.11. The predicted octanol–water partition coefficient (Wildman–Crippen LogP) is 2.09. The number of piperidine rings is 1. The van der Waals surface area contributed by atoms with Crippen molar-refractivity contribution in [1.29, 1.82) is 0 Å². The summed E-state index contributed by atoms with van der Waals surface area (Å²) in [6.45, 7) is 6.51. The lowest BCUT2D eigenvalue weighted by molar-refractivity contribution is 0.353. The molecule has 0 aliphatic carbocycles. The first-order valence-electron chi connectivity index (χ1n) is 6.86. The van der Waals surface area contributed by atoms with Crippen molar-refractivity contribution in [2.45, 2.75) is 39.2 Å². The van der Waals surface area contributed by atoms with Crippen LogP contribution in [0.25, 0.3) is 0 Å². The van der Waals surface area contributed by atoms with E-state index in [2.05, 4.69) is 22.7 Å². The minimum Gasteiger partial charge on any atom is -0.369 e. The van der Waals surface area contributed by atoms with Crippen LogP contribution in [0.1, 0.15) is 32.6 Å². The molecule has 17 heavy (non-hydrogen) atoms. The first-order chi connectivity index (χ1) is 8.38. The molecule has 1 atom stereocenters. The van der Waals surface area contributed by atoms with E-state index in [9.17, 15) is 0 Å². The Bertz CT molecular complexity index is 315. The van der Waals surface area contributed by atoms with Gasteiger partial charge in [-0.05, 0) is 51.6 Å². The Morgan fingerprint density at radius 3 is 3.24 bits per heavy atom. The van der Waals surface area contributed by atoms with Crippen LogP contribution >= 0.6 is 0 Å². The Labute approximate surface area is 104 Å². The molecule has 1 unspecified atom stereocenters. The third-order valence-electron chi connectivity index (χ3n) is 3.46. The van der Waals surface area contributed by atoms with Crippen LogP contribution in [0, 0.1) is 5.92 Å². The highest BCUT2D eigenvalue weighted by molar-refractivity contribution is 5.31. The van der Waals surface area contributed by atoms with Crippen LogP contribution in [-0.4, -0.2) is 29.4 Å². The van der Waals surface area contributed by atoms with Crippen molar-refractivity contribution in [2.24, 2.45) is 5.92 Å². The van der Waals surface area contributed by atoms with Gasteiger partial charge in [0.1, 0.15) is 5.82 Å². The van der Waals surface area contributed by atoms with Gasteiger partial charge in [0.15, 0.2) is 0 Å². The average Bonchev–Trinajstić information content (AvgIpc) is 2.84. The molecule has 2 N–H and O–H groups in total. The summed E-state index contributed by atoms with van der Waals surface area (Å²) >= 11 is 0. The van der Waals surface area contributed by atoms with Gasteiger partial charge in [-0.15, -0.1) is 0 Å². The Kier molecular flexibility index (Phi) is 4.86. The van der Waals surface area contributed by atoms with Crippen LogP contribution < -0.4 is 10.6 Å². The molecule has 1 aliphatic heterocycles. The van der Waals surface area contributed by atoms with Gasteiger partial charge in [-0.1, -0.05) is 0 Å². The van der Waals surface area contributed by atoms with E-state index in [0.29, 0.717) is 0 Å². The Morgan fingerprint density at radius 1 is 1.59 bits per heavy atom. The lowest BCUT2D eigenvalue weighted by Gasteiger charge is -2.22. The lowest BCUT2D eigenvalue weighted by Crippen LogP contribution is -2.29. The van der Waals surface area contributed by atoms with E-state index in [1.807, 2.05) is 16.9 Å². The highest BCUT2D eigenvalue weighted by Crippen LogP contribution is 2.15. The summed E-state index contributed by atoms with van der Waals surface area (Å²) in [6, 6.07) is 2.05. The van der Waals surface area contributed by atoms with Gasteiger partial charge in [0.2, 0.25) is 0 Å². The number of aromatic nitrogens is 2. The molecule has 96 valence electrons. The molecule has 2 rings (SSSR count). The van der Waals surface area contributed by atoms with Crippen molar-refractivity contribution >= 4 is 5.82 Å². The van der Waals surface area contributed by atoms with E-state index >= 15 is 0 Å². The quantitative estimate of drug-likeness (QED) is 0.743. The van der Waals surface area contributed by atoms with Crippen molar-refractivity contribution in [3.8, 4) is 0 Å². The summed E-state index contributed by atoms with van der Waals surface area (Å²) in [7, 11) is 0. The molecule has 0 spiro atoms. The molecule has 1 aromatic heterocycles. The summed E-state index contributed by atoms with van der Waals surface area (Å²) in [6.07, 6.45) is 7.34. The van der Waals surface area contributed by atoms with Crippen LogP contribution in [0.3, 0.4) is 0 Å². The number of aryl methyl sites for hydroxylation is 1. The highest BCUT2D eigenvalue weighted by atomic mass is 15.3. The second kappa shape index (κ2) is 6.64. The number of nitrogens with zero attached hydrogens (tertiary/aromatic N) is 2. The molecule has 1 saturated heterocycles. The smallest absolute Gasteiger partial charge is 0.147 e. The summed E-state index contributed by atoms with van der Waals surface area (Å²) in [5.41, 5.74) is 0. The summed E-state index contributed by atoms with van der Waals surface area (Å²) in [5.74, 6) is 1.90. The monoisotopic (exact) mass is 236 g/mol. The zero-order valence-electron chi connectivity index (χ0n) is 10.8. The minimum atomic E-state index is 0.888. The van der Waals surface area contributed by atoms with E-state index in [-0.39, 0.29) is 0 Å². The third kappa shape index (κ3) is 4.04. The molecular weight excluding hydrogens is 212 g/mol. The fraction of sp³-hybridized carbons (Fsp3) is 0.769. The molecule has 1 fully saturated rings. The normalized spacial score (nSPS) is 20.4. The Morgan fingerprint density at radius 2 is 2.53 bits per heavy atom. The molecular formula is C13H24N4. The Hall–Kier alpha value is -1.03. The number of anilines is 1. The van der Waals surface area contributed by atoms with Crippen LogP contribution in [0.2, 0.25) is 0 Å². The summed E-state index contributed by atoms with van der Waals surface area (Å²) in [5, 5.41) is 11.3. The fourth-order valence-corrected chi connectivity index (χ4v) is 2.41. The molecule has 2 heterocycles. The minimum absolute atomic E-state index is 0.888. The van der Waals surface area contributed by atoms with Crippen molar-refractivity contribution < 1.29 is 0 Å². The van der Waals surface area contributed by atoms with E-state index < -0.39 is 0 Å². The second-order valence-electron chi connectivity index (χ2n) is 4.84. The van der Waals surface area contributed by atoms with E-state index in [0.717, 1.165) is 24.8 Å². The molecule has 4 heteroatoms. The molecule has 0 aromatic carbocycles. The fourth-order valence-electron chi connectivity index (χ4n) is 2.41. The van der Waals surface area contributed by atoms with Crippen molar-refractivity contribution in [1.82, 2.24) is 15.1 Å². The second-order valence-corrected chi connectivity index (χ2v) is 4.84. The molecule has 0 bridgehead atoms. The van der Waals surface area contributed by atoms with E-state index in [1.165, 1.54) is 38.8 Å². The molecule has 0 amide bonds. The molecule has 0 radical (unpaired) electrons. The van der Waals surface area contributed by atoms with Gasteiger partial charge in [-0.2, -0.15) is 5.10 Å². The maximum Gasteiger partial charge on any atom is 0.147 e. The van der Waals surface area contributed by atoms with Crippen LogP contribution in [-0.2, 0) is 6.54 Å². The average molecular weight is 236 g/mol. The zero-order chi connectivity index (χ0) is 11.9. The largest absolute Gasteiger partial charge is 0.369 e. The van der Waals surface area contributed by atoms with Crippen LogP contribution in [0.5, 0.6) is 0 Å². The lowest BCUT2D eigenvalue weighted by atomic mass is 9.95. The van der Waals surface area contributed by atoms with Gasteiger partial charge in [-0.25, -0.2) is 0 Å². The first-order valence-corrected chi connectivity index (χ1v) is 6.86. The van der Waals surface area contributed by atoms with Gasteiger partial charge in [-0.3, -0.25) is 4.68 Å². The van der Waals surface area contributed by atoms with Gasteiger partial charge < -0.3 is 10.6 Å². The van der Waals surface area contributed by atoms with Gasteiger partial charge in [0, 0.05) is 25.4 Å². The van der Waals surface area contributed by atoms with E-state index in [1.54, 1.807) is 0 Å². The Balaban J connectivity index is 1.59. The SMILES string of the molecule is CCn1ccc(NCCCC2CCCNC2)n1. The number of nitrogens with one attached hydrogen (secondary N) is 2. The topological polar surface area (TPSA) is 41.9 Å². The van der Waals surface area contributed by atoms with Gasteiger partial charge >= 0.3 is 0 Å². The first kappa shape index (κ1) is 12.4.